The van der Waals surface area contributed by atoms with Gasteiger partial charge in [0.2, 0.25) is 0 Å². The van der Waals surface area contributed by atoms with Crippen molar-refractivity contribution in [1.82, 2.24) is 14.9 Å². The Kier molecular flexibility index (Phi) is 3.45. The summed E-state index contributed by atoms with van der Waals surface area (Å²) in [7, 11) is 0. The van der Waals surface area contributed by atoms with Crippen LogP contribution in [0, 0.1) is 0 Å². The molecule has 5 nitrogen and oxygen atoms in total. The number of likely N-dealkylation sites (tertiary alicyclic amines) is 1. The molecule has 1 amide bonds. The second-order valence-electron chi connectivity index (χ2n) is 5.03. The van der Waals surface area contributed by atoms with Crippen molar-refractivity contribution < 1.29 is 9.53 Å². The van der Waals surface area contributed by atoms with Crippen molar-refractivity contribution in [2.75, 3.05) is 25.4 Å². The summed E-state index contributed by atoms with van der Waals surface area (Å²) in [5, 5.41) is 0. The lowest BCUT2D eigenvalue weighted by molar-refractivity contribution is 0.0355. The molecule has 2 aliphatic heterocycles. The third kappa shape index (κ3) is 2.47. The summed E-state index contributed by atoms with van der Waals surface area (Å²) in [5.74, 6) is 1.03. The average molecular weight is 279 g/mol. The number of carbonyl (C=O) groups is 1. The Morgan fingerprint density at radius 2 is 2.42 bits per heavy atom. The summed E-state index contributed by atoms with van der Waals surface area (Å²) in [4.78, 5) is 22.0. The number of hydrogen-bond donors (Lipinski definition) is 0. The zero-order valence-electron chi connectivity index (χ0n) is 10.9. The quantitative estimate of drug-likeness (QED) is 0.832. The van der Waals surface area contributed by atoms with Crippen LogP contribution in [-0.4, -0.2) is 57.1 Å². The smallest absolute Gasteiger partial charge is 0.274 e. The molecule has 1 spiro atoms. The van der Waals surface area contributed by atoms with Crippen LogP contribution in [0.1, 0.15) is 23.8 Å². The maximum absolute atomic E-state index is 12.2. The van der Waals surface area contributed by atoms with E-state index in [-0.39, 0.29) is 10.7 Å². The van der Waals surface area contributed by atoms with Crippen molar-refractivity contribution in [2.45, 2.75) is 24.2 Å². The molecule has 0 aliphatic carbocycles. The van der Waals surface area contributed by atoms with E-state index in [9.17, 15) is 4.79 Å². The Balaban J connectivity index is 1.57. The van der Waals surface area contributed by atoms with Crippen LogP contribution >= 0.6 is 11.8 Å². The van der Waals surface area contributed by atoms with E-state index < -0.39 is 0 Å². The highest BCUT2D eigenvalue weighted by Gasteiger charge is 2.51. The molecule has 1 aromatic heterocycles. The second kappa shape index (κ2) is 5.09. The maximum atomic E-state index is 12.2. The lowest BCUT2D eigenvalue weighted by Crippen LogP contribution is -2.60. The summed E-state index contributed by atoms with van der Waals surface area (Å²) >= 11 is 1.94. The molecule has 0 aromatic carbocycles. The summed E-state index contributed by atoms with van der Waals surface area (Å²) in [5.41, 5.74) is 0.432. The molecule has 6 heteroatoms. The van der Waals surface area contributed by atoms with Gasteiger partial charge in [0.1, 0.15) is 5.69 Å². The number of amides is 1. The van der Waals surface area contributed by atoms with E-state index >= 15 is 0 Å². The van der Waals surface area contributed by atoms with E-state index in [1.807, 2.05) is 23.6 Å². The number of thioether (sulfide) groups is 1. The number of carbonyl (C=O) groups excluding carboxylic acids is 1. The van der Waals surface area contributed by atoms with Gasteiger partial charge < -0.3 is 9.64 Å². The normalized spacial score (nSPS) is 24.5. The minimum atomic E-state index is -0.0146. The molecule has 1 aromatic rings. The summed E-state index contributed by atoms with van der Waals surface area (Å²) < 4.78 is 5.89. The van der Waals surface area contributed by atoms with Crippen molar-refractivity contribution in [3.8, 4) is 0 Å². The molecule has 2 aliphatic rings. The van der Waals surface area contributed by atoms with Crippen LogP contribution < -0.4 is 0 Å². The Labute approximate surface area is 116 Å². The first-order valence-electron chi connectivity index (χ1n) is 6.53. The molecule has 3 heterocycles. The van der Waals surface area contributed by atoms with Gasteiger partial charge in [-0.25, -0.2) is 4.98 Å². The predicted molar refractivity (Wildman–Crippen MR) is 73.2 cm³/mol. The van der Waals surface area contributed by atoms with E-state index in [1.54, 1.807) is 12.4 Å². The van der Waals surface area contributed by atoms with Crippen LogP contribution in [0.3, 0.4) is 0 Å². The average Bonchev–Trinajstić information content (AvgIpc) is 2.82. The number of rotatable bonds is 3. The van der Waals surface area contributed by atoms with Gasteiger partial charge in [0, 0.05) is 37.8 Å². The molecule has 102 valence electrons. The summed E-state index contributed by atoms with van der Waals surface area (Å²) in [6, 6.07) is 0. The Bertz CT molecular complexity index is 462. The molecule has 19 heavy (non-hydrogen) atoms. The molecule has 0 saturated carbocycles. The molecule has 3 rings (SSSR count). The monoisotopic (exact) mass is 279 g/mol. The fourth-order valence-electron chi connectivity index (χ4n) is 2.73. The van der Waals surface area contributed by atoms with E-state index in [0.717, 1.165) is 31.9 Å². The lowest BCUT2D eigenvalue weighted by atomic mass is 9.92. The second-order valence-corrected chi connectivity index (χ2v) is 6.52. The van der Waals surface area contributed by atoms with Crippen molar-refractivity contribution in [1.29, 1.82) is 0 Å². The van der Waals surface area contributed by atoms with Crippen LogP contribution in [0.2, 0.25) is 0 Å². The van der Waals surface area contributed by atoms with Crippen LogP contribution in [0.15, 0.2) is 18.6 Å². The van der Waals surface area contributed by atoms with E-state index in [1.165, 1.54) is 6.20 Å². The Hall–Kier alpha value is -1.14. The van der Waals surface area contributed by atoms with Gasteiger partial charge in [0.15, 0.2) is 0 Å². The number of nitrogens with zero attached hydrogens (tertiary/aromatic N) is 3. The van der Waals surface area contributed by atoms with Gasteiger partial charge in [0.05, 0.1) is 17.0 Å². The third-order valence-corrected chi connectivity index (χ3v) is 5.18. The molecule has 0 radical (unpaired) electrons. The van der Waals surface area contributed by atoms with Crippen LogP contribution in [0.25, 0.3) is 0 Å². The number of aromatic nitrogens is 2. The zero-order chi connectivity index (χ0) is 13.3. The summed E-state index contributed by atoms with van der Waals surface area (Å²) in [6.45, 7) is 4.40. The highest BCUT2D eigenvalue weighted by atomic mass is 32.2. The van der Waals surface area contributed by atoms with Gasteiger partial charge in [-0.05, 0) is 13.3 Å². The Morgan fingerprint density at radius 1 is 1.58 bits per heavy atom. The molecule has 2 saturated heterocycles. The van der Waals surface area contributed by atoms with Crippen LogP contribution in [0.4, 0.5) is 0 Å². The topological polar surface area (TPSA) is 55.3 Å². The molecule has 1 atom stereocenters. The van der Waals surface area contributed by atoms with Gasteiger partial charge in [-0.1, -0.05) is 0 Å². The van der Waals surface area contributed by atoms with Crippen molar-refractivity contribution in [3.05, 3.63) is 24.3 Å². The van der Waals surface area contributed by atoms with Gasteiger partial charge in [0.25, 0.3) is 5.91 Å². The van der Waals surface area contributed by atoms with Crippen molar-refractivity contribution in [3.63, 3.8) is 0 Å². The van der Waals surface area contributed by atoms with Gasteiger partial charge >= 0.3 is 0 Å². The number of hydrogen-bond acceptors (Lipinski definition) is 5. The molecule has 0 N–H and O–H groups in total. The first kappa shape index (κ1) is 12.9. The van der Waals surface area contributed by atoms with Crippen molar-refractivity contribution >= 4 is 17.7 Å². The maximum Gasteiger partial charge on any atom is 0.274 e. The minimum absolute atomic E-state index is 0.0146. The van der Waals surface area contributed by atoms with E-state index in [0.29, 0.717) is 11.8 Å². The SMILES string of the molecule is CCOC1CSC2(C1)CN(C(=O)c1cnccn1)C2. The minimum Gasteiger partial charge on any atom is -0.378 e. The van der Waals surface area contributed by atoms with Crippen molar-refractivity contribution in [2.24, 2.45) is 0 Å². The third-order valence-electron chi connectivity index (χ3n) is 3.61. The van der Waals surface area contributed by atoms with E-state index in [2.05, 4.69) is 9.97 Å². The predicted octanol–water partition coefficient (Wildman–Crippen LogP) is 1.21. The number of ether oxygens (including phenoxy) is 1. The molecule has 0 bridgehead atoms. The zero-order valence-corrected chi connectivity index (χ0v) is 11.7. The molecular weight excluding hydrogens is 262 g/mol. The molecule has 2 fully saturated rings. The first-order chi connectivity index (χ1) is 9.22. The van der Waals surface area contributed by atoms with Crippen LogP contribution in [-0.2, 0) is 4.74 Å². The fraction of sp³-hybridized carbons (Fsp3) is 0.615. The van der Waals surface area contributed by atoms with E-state index in [4.69, 9.17) is 4.74 Å². The highest BCUT2D eigenvalue weighted by Crippen LogP contribution is 2.46. The largest absolute Gasteiger partial charge is 0.378 e. The Morgan fingerprint density at radius 3 is 3.11 bits per heavy atom. The lowest BCUT2D eigenvalue weighted by Gasteiger charge is -2.47. The first-order valence-corrected chi connectivity index (χ1v) is 7.52. The van der Waals surface area contributed by atoms with Gasteiger partial charge in [-0.2, -0.15) is 0 Å². The fourth-order valence-corrected chi connectivity index (χ4v) is 4.28. The summed E-state index contributed by atoms with van der Waals surface area (Å²) in [6.07, 6.45) is 6.06. The molecular formula is C13H17N3O2S. The van der Waals surface area contributed by atoms with Crippen LogP contribution in [0.5, 0.6) is 0 Å². The van der Waals surface area contributed by atoms with Gasteiger partial charge in [-0.3, -0.25) is 9.78 Å². The standard InChI is InChI=1S/C13H17N3O2S/c1-2-18-10-5-13(19-7-10)8-16(9-13)12(17)11-6-14-3-4-15-11/h3-4,6,10H,2,5,7-9H2,1H3. The van der Waals surface area contributed by atoms with Gasteiger partial charge in [-0.15, -0.1) is 11.8 Å². The highest BCUT2D eigenvalue weighted by molar-refractivity contribution is 8.01. The molecule has 1 unspecified atom stereocenters.